The zero-order valence-corrected chi connectivity index (χ0v) is 11.7. The summed E-state index contributed by atoms with van der Waals surface area (Å²) in [4.78, 5) is 27.1. The predicted molar refractivity (Wildman–Crippen MR) is 75.9 cm³/mol. The smallest absolute Gasteiger partial charge is 0.326 e. The third-order valence-electron chi connectivity index (χ3n) is 2.69. The molecule has 110 valence electrons. The van der Waals surface area contributed by atoms with Crippen LogP contribution in [0.4, 0.5) is 0 Å². The summed E-state index contributed by atoms with van der Waals surface area (Å²) in [6.07, 6.45) is 1.28. The summed E-state index contributed by atoms with van der Waals surface area (Å²) in [5.41, 5.74) is 0.621. The highest BCUT2D eigenvalue weighted by Gasteiger charge is 2.07. The Kier molecular flexibility index (Phi) is 5.09. The molecule has 0 aliphatic carbocycles. The van der Waals surface area contributed by atoms with Gasteiger partial charge >= 0.3 is 5.97 Å². The van der Waals surface area contributed by atoms with E-state index in [0.717, 1.165) is 5.56 Å². The average Bonchev–Trinajstić information content (AvgIpc) is 2.49. The van der Waals surface area contributed by atoms with E-state index in [2.05, 4.69) is 4.98 Å². The summed E-state index contributed by atoms with van der Waals surface area (Å²) in [7, 11) is 0. The van der Waals surface area contributed by atoms with E-state index in [-0.39, 0.29) is 24.6 Å². The second-order valence-electron chi connectivity index (χ2n) is 4.27. The number of carbonyl (C=O) groups is 1. The SMILES string of the molecule is CCOC(=O)Cn1cnc(OCc2ccccc2)cc1=O. The van der Waals surface area contributed by atoms with Crippen LogP contribution < -0.4 is 10.3 Å². The Bertz CT molecular complexity index is 652. The molecule has 6 heteroatoms. The molecule has 2 aromatic rings. The topological polar surface area (TPSA) is 70.4 Å². The van der Waals surface area contributed by atoms with E-state index in [1.54, 1.807) is 6.92 Å². The molecule has 0 fully saturated rings. The Hall–Kier alpha value is -2.63. The van der Waals surface area contributed by atoms with Crippen LogP contribution in [0, 0.1) is 0 Å². The zero-order chi connectivity index (χ0) is 15.1. The van der Waals surface area contributed by atoms with Crippen molar-refractivity contribution in [1.82, 2.24) is 9.55 Å². The first kappa shape index (κ1) is 14.8. The number of rotatable bonds is 6. The van der Waals surface area contributed by atoms with Crippen LogP contribution in [0.15, 0.2) is 47.5 Å². The molecule has 1 heterocycles. The average molecular weight is 288 g/mol. The zero-order valence-electron chi connectivity index (χ0n) is 11.7. The van der Waals surface area contributed by atoms with Crippen molar-refractivity contribution in [3.8, 4) is 5.88 Å². The number of ether oxygens (including phenoxy) is 2. The third-order valence-corrected chi connectivity index (χ3v) is 2.69. The number of carbonyl (C=O) groups excluding carboxylic acids is 1. The highest BCUT2D eigenvalue weighted by Crippen LogP contribution is 2.06. The molecule has 0 amide bonds. The number of hydrogen-bond acceptors (Lipinski definition) is 5. The molecule has 0 atom stereocenters. The fourth-order valence-electron chi connectivity index (χ4n) is 1.68. The van der Waals surface area contributed by atoms with Gasteiger partial charge in [-0.2, -0.15) is 0 Å². The maximum Gasteiger partial charge on any atom is 0.326 e. The predicted octanol–water partition coefficient (Wildman–Crippen LogP) is 1.39. The van der Waals surface area contributed by atoms with E-state index in [0.29, 0.717) is 6.61 Å². The molecular weight excluding hydrogens is 272 g/mol. The van der Waals surface area contributed by atoms with E-state index in [1.807, 2.05) is 30.3 Å². The van der Waals surface area contributed by atoms with E-state index in [1.165, 1.54) is 17.0 Å². The third kappa shape index (κ3) is 4.45. The molecule has 0 aliphatic heterocycles. The second kappa shape index (κ2) is 7.23. The highest BCUT2D eigenvalue weighted by atomic mass is 16.5. The van der Waals surface area contributed by atoms with Gasteiger partial charge < -0.3 is 9.47 Å². The van der Waals surface area contributed by atoms with Gasteiger partial charge in [-0.05, 0) is 12.5 Å². The Labute approximate surface area is 122 Å². The first-order valence-corrected chi connectivity index (χ1v) is 6.58. The molecule has 0 saturated carbocycles. The fraction of sp³-hybridized carbons (Fsp3) is 0.267. The molecule has 2 rings (SSSR count). The van der Waals surface area contributed by atoms with Crippen molar-refractivity contribution in [3.05, 3.63) is 58.6 Å². The van der Waals surface area contributed by atoms with E-state index >= 15 is 0 Å². The molecule has 1 aromatic heterocycles. The maximum absolute atomic E-state index is 11.8. The molecule has 0 spiro atoms. The van der Waals surface area contributed by atoms with Gasteiger partial charge in [-0.1, -0.05) is 30.3 Å². The Balaban J connectivity index is 1.99. The van der Waals surface area contributed by atoms with Gasteiger partial charge in [-0.25, -0.2) is 4.98 Å². The monoisotopic (exact) mass is 288 g/mol. The number of hydrogen-bond donors (Lipinski definition) is 0. The van der Waals surface area contributed by atoms with Crippen molar-refractivity contribution in [2.45, 2.75) is 20.1 Å². The van der Waals surface area contributed by atoms with Crippen LogP contribution in [-0.4, -0.2) is 22.1 Å². The first-order chi connectivity index (χ1) is 10.2. The van der Waals surface area contributed by atoms with Crippen LogP contribution >= 0.6 is 0 Å². The lowest BCUT2D eigenvalue weighted by molar-refractivity contribution is -0.143. The quantitative estimate of drug-likeness (QED) is 0.751. The summed E-state index contributed by atoms with van der Waals surface area (Å²) in [5.74, 6) is -0.247. The van der Waals surface area contributed by atoms with Gasteiger partial charge in [0, 0.05) is 0 Å². The number of nitrogens with zero attached hydrogens (tertiary/aromatic N) is 2. The van der Waals surface area contributed by atoms with E-state index in [4.69, 9.17) is 9.47 Å². The van der Waals surface area contributed by atoms with Crippen LogP contribution in [-0.2, 0) is 22.7 Å². The second-order valence-corrected chi connectivity index (χ2v) is 4.27. The van der Waals surface area contributed by atoms with Gasteiger partial charge in [0.15, 0.2) is 0 Å². The van der Waals surface area contributed by atoms with E-state index in [9.17, 15) is 9.59 Å². The normalized spacial score (nSPS) is 10.1. The summed E-state index contributed by atoms with van der Waals surface area (Å²) in [5, 5.41) is 0. The van der Waals surface area contributed by atoms with E-state index < -0.39 is 5.97 Å². The van der Waals surface area contributed by atoms with Crippen LogP contribution in [0.25, 0.3) is 0 Å². The molecule has 1 aromatic carbocycles. The molecule has 0 unspecified atom stereocenters. The molecule has 0 bridgehead atoms. The maximum atomic E-state index is 11.8. The number of aromatic nitrogens is 2. The standard InChI is InChI=1S/C15H16N2O4/c1-2-20-15(19)9-17-11-16-13(8-14(17)18)21-10-12-6-4-3-5-7-12/h3-8,11H,2,9-10H2,1H3. The molecule has 0 radical (unpaired) electrons. The lowest BCUT2D eigenvalue weighted by atomic mass is 10.2. The van der Waals surface area contributed by atoms with Gasteiger partial charge in [0.1, 0.15) is 19.5 Å². The Morgan fingerprint density at radius 2 is 2.05 bits per heavy atom. The Morgan fingerprint density at radius 3 is 2.71 bits per heavy atom. The van der Waals surface area contributed by atoms with Crippen molar-refractivity contribution in [1.29, 1.82) is 0 Å². The molecule has 0 saturated heterocycles. The van der Waals surface area contributed by atoms with Gasteiger partial charge in [0.25, 0.3) is 5.56 Å². The van der Waals surface area contributed by atoms with Crippen LogP contribution in [0.3, 0.4) is 0 Å². The molecule has 0 aliphatic rings. The lowest BCUT2D eigenvalue weighted by Gasteiger charge is -2.07. The molecule has 0 N–H and O–H groups in total. The summed E-state index contributed by atoms with van der Waals surface area (Å²) in [6, 6.07) is 10.8. The van der Waals surface area contributed by atoms with Crippen molar-refractivity contribution in [3.63, 3.8) is 0 Å². The minimum Gasteiger partial charge on any atom is -0.473 e. The van der Waals surface area contributed by atoms with Gasteiger partial charge in [-0.15, -0.1) is 0 Å². The number of esters is 1. The van der Waals surface area contributed by atoms with Gasteiger partial charge in [-0.3, -0.25) is 14.2 Å². The molecule has 21 heavy (non-hydrogen) atoms. The fourth-order valence-corrected chi connectivity index (χ4v) is 1.68. The van der Waals surface area contributed by atoms with Crippen LogP contribution in [0.5, 0.6) is 5.88 Å². The summed E-state index contributed by atoms with van der Waals surface area (Å²) >= 11 is 0. The molecule has 6 nitrogen and oxygen atoms in total. The van der Waals surface area contributed by atoms with Crippen molar-refractivity contribution in [2.24, 2.45) is 0 Å². The van der Waals surface area contributed by atoms with Crippen molar-refractivity contribution < 1.29 is 14.3 Å². The number of benzene rings is 1. The van der Waals surface area contributed by atoms with Crippen LogP contribution in [0.1, 0.15) is 12.5 Å². The van der Waals surface area contributed by atoms with Gasteiger partial charge in [0.05, 0.1) is 12.7 Å². The molecular formula is C15H16N2O4. The Morgan fingerprint density at radius 1 is 1.29 bits per heavy atom. The largest absolute Gasteiger partial charge is 0.473 e. The summed E-state index contributed by atoms with van der Waals surface area (Å²) < 4.78 is 11.4. The van der Waals surface area contributed by atoms with Crippen molar-refractivity contribution >= 4 is 5.97 Å². The lowest BCUT2D eigenvalue weighted by Crippen LogP contribution is -2.25. The first-order valence-electron chi connectivity index (χ1n) is 6.58. The minimum absolute atomic E-state index is 0.154. The summed E-state index contributed by atoms with van der Waals surface area (Å²) in [6.45, 7) is 2.16. The van der Waals surface area contributed by atoms with Crippen LogP contribution in [0.2, 0.25) is 0 Å². The van der Waals surface area contributed by atoms with Gasteiger partial charge in [0.2, 0.25) is 5.88 Å². The minimum atomic E-state index is -0.473. The highest BCUT2D eigenvalue weighted by molar-refractivity contribution is 5.69. The van der Waals surface area contributed by atoms with Crippen molar-refractivity contribution in [2.75, 3.05) is 6.61 Å².